The summed E-state index contributed by atoms with van der Waals surface area (Å²) in [6.07, 6.45) is 2.38. The van der Waals surface area contributed by atoms with Gasteiger partial charge in [-0.3, -0.25) is 9.69 Å². The zero-order valence-corrected chi connectivity index (χ0v) is 13.7. The minimum Gasteiger partial charge on any atom is -0.354 e. The molecule has 3 rings (SSSR count). The lowest BCUT2D eigenvalue weighted by molar-refractivity contribution is -0.120. The van der Waals surface area contributed by atoms with E-state index in [0.717, 1.165) is 31.5 Å². The van der Waals surface area contributed by atoms with Gasteiger partial charge < -0.3 is 9.84 Å². The lowest BCUT2D eigenvalue weighted by atomic mass is 10.1. The summed E-state index contributed by atoms with van der Waals surface area (Å²) in [5.41, 5.74) is 1.01. The van der Waals surface area contributed by atoms with Crippen molar-refractivity contribution in [2.24, 2.45) is 0 Å². The number of hydrogen-bond donors (Lipinski definition) is 1. The molecule has 0 saturated carbocycles. The van der Waals surface area contributed by atoms with Crippen LogP contribution in [0.3, 0.4) is 0 Å². The highest BCUT2D eigenvalue weighted by Crippen LogP contribution is 2.24. The van der Waals surface area contributed by atoms with E-state index in [1.54, 1.807) is 19.1 Å². The number of hydrogen-bond acceptors (Lipinski definition) is 5. The Morgan fingerprint density at radius 1 is 1.33 bits per heavy atom. The number of amides is 1. The third-order valence-electron chi connectivity index (χ3n) is 4.22. The largest absolute Gasteiger partial charge is 0.354 e. The van der Waals surface area contributed by atoms with Crippen molar-refractivity contribution in [1.29, 1.82) is 0 Å². The normalized spacial score (nSPS) is 16.2. The molecule has 2 aromatic rings. The van der Waals surface area contributed by atoms with Crippen molar-refractivity contribution < 1.29 is 13.7 Å². The summed E-state index contributed by atoms with van der Waals surface area (Å²) < 4.78 is 18.0. The van der Waals surface area contributed by atoms with Crippen molar-refractivity contribution in [1.82, 2.24) is 20.4 Å². The van der Waals surface area contributed by atoms with Crippen LogP contribution in [0.15, 0.2) is 28.8 Å². The summed E-state index contributed by atoms with van der Waals surface area (Å²) in [4.78, 5) is 18.5. The van der Waals surface area contributed by atoms with Gasteiger partial charge in [-0.25, -0.2) is 4.39 Å². The number of nitrogens with one attached hydrogen (secondary N) is 1. The number of carbonyl (C=O) groups excluding carboxylic acids is 1. The third kappa shape index (κ3) is 4.17. The number of aromatic nitrogens is 2. The molecular weight excluding hydrogens is 311 g/mol. The molecule has 1 saturated heterocycles. The molecule has 1 atom stereocenters. The Kier molecular flexibility index (Phi) is 5.20. The zero-order valence-electron chi connectivity index (χ0n) is 13.7. The molecular formula is C17H21FN4O2. The SMILES string of the molecule is Cc1nc(CC(=O)NCC(c2ccc(F)cc2)N2CCCC2)no1. The predicted octanol–water partition coefficient (Wildman–Crippen LogP) is 2.01. The van der Waals surface area contributed by atoms with Crippen LogP contribution in [0.25, 0.3) is 0 Å². The molecule has 24 heavy (non-hydrogen) atoms. The van der Waals surface area contributed by atoms with Gasteiger partial charge in [0.25, 0.3) is 0 Å². The number of likely N-dealkylation sites (tertiary alicyclic amines) is 1. The molecule has 0 radical (unpaired) electrons. The average Bonchev–Trinajstić information content (AvgIpc) is 3.21. The van der Waals surface area contributed by atoms with Gasteiger partial charge in [-0.2, -0.15) is 4.98 Å². The second-order valence-corrected chi connectivity index (χ2v) is 6.02. The number of carbonyl (C=O) groups is 1. The second-order valence-electron chi connectivity index (χ2n) is 6.02. The zero-order chi connectivity index (χ0) is 16.9. The fraction of sp³-hybridized carbons (Fsp3) is 0.471. The van der Waals surface area contributed by atoms with Gasteiger partial charge in [0.05, 0.1) is 12.5 Å². The van der Waals surface area contributed by atoms with E-state index in [4.69, 9.17) is 4.52 Å². The molecule has 1 aliphatic rings. The Bertz CT molecular complexity index is 680. The maximum absolute atomic E-state index is 13.2. The molecule has 1 fully saturated rings. The Hall–Kier alpha value is -2.28. The molecule has 2 heterocycles. The molecule has 1 aromatic carbocycles. The summed E-state index contributed by atoms with van der Waals surface area (Å²) in [6.45, 7) is 4.14. The van der Waals surface area contributed by atoms with E-state index in [1.165, 1.54) is 12.1 Å². The molecule has 1 aliphatic heterocycles. The molecule has 1 N–H and O–H groups in total. The Morgan fingerprint density at radius 2 is 2.04 bits per heavy atom. The van der Waals surface area contributed by atoms with Crippen molar-refractivity contribution in [2.75, 3.05) is 19.6 Å². The van der Waals surface area contributed by atoms with Gasteiger partial charge in [-0.1, -0.05) is 17.3 Å². The molecule has 128 valence electrons. The number of rotatable bonds is 6. The predicted molar refractivity (Wildman–Crippen MR) is 85.7 cm³/mol. The number of halogens is 1. The lowest BCUT2D eigenvalue weighted by Gasteiger charge is -2.28. The molecule has 0 bridgehead atoms. The highest BCUT2D eigenvalue weighted by molar-refractivity contribution is 5.77. The summed E-state index contributed by atoms with van der Waals surface area (Å²) in [7, 11) is 0. The molecule has 1 aromatic heterocycles. The summed E-state index contributed by atoms with van der Waals surface area (Å²) in [6, 6.07) is 6.54. The summed E-state index contributed by atoms with van der Waals surface area (Å²) in [5, 5.41) is 6.66. The van der Waals surface area contributed by atoms with Gasteiger partial charge in [-0.15, -0.1) is 0 Å². The Balaban J connectivity index is 1.63. The highest BCUT2D eigenvalue weighted by atomic mass is 19.1. The van der Waals surface area contributed by atoms with Crippen molar-refractivity contribution in [3.05, 3.63) is 47.4 Å². The van der Waals surface area contributed by atoms with Gasteiger partial charge in [0.1, 0.15) is 5.82 Å². The lowest BCUT2D eigenvalue weighted by Crippen LogP contribution is -2.37. The van der Waals surface area contributed by atoms with Gasteiger partial charge in [0, 0.05) is 13.5 Å². The molecule has 6 nitrogen and oxygen atoms in total. The van der Waals surface area contributed by atoms with Crippen molar-refractivity contribution in [3.63, 3.8) is 0 Å². The average molecular weight is 332 g/mol. The van der Waals surface area contributed by atoms with E-state index in [0.29, 0.717) is 18.3 Å². The van der Waals surface area contributed by atoms with Crippen LogP contribution in [0, 0.1) is 12.7 Å². The van der Waals surface area contributed by atoms with Crippen LogP contribution in [-0.4, -0.2) is 40.6 Å². The number of benzene rings is 1. The maximum atomic E-state index is 13.2. The van der Waals surface area contributed by atoms with Gasteiger partial charge >= 0.3 is 0 Å². The number of nitrogens with zero attached hydrogens (tertiary/aromatic N) is 3. The minimum absolute atomic E-state index is 0.0454. The smallest absolute Gasteiger partial charge is 0.227 e. The fourth-order valence-electron chi connectivity index (χ4n) is 3.03. The quantitative estimate of drug-likeness (QED) is 0.876. The van der Waals surface area contributed by atoms with Gasteiger partial charge in [0.15, 0.2) is 5.82 Å². The highest BCUT2D eigenvalue weighted by Gasteiger charge is 2.24. The van der Waals surface area contributed by atoms with E-state index in [-0.39, 0.29) is 24.2 Å². The molecule has 1 unspecified atom stereocenters. The minimum atomic E-state index is -0.254. The maximum Gasteiger partial charge on any atom is 0.227 e. The molecule has 0 aliphatic carbocycles. The first-order chi connectivity index (χ1) is 11.6. The first-order valence-corrected chi connectivity index (χ1v) is 8.17. The van der Waals surface area contributed by atoms with Crippen LogP contribution < -0.4 is 5.32 Å². The fourth-order valence-corrected chi connectivity index (χ4v) is 3.03. The van der Waals surface area contributed by atoms with E-state index >= 15 is 0 Å². The third-order valence-corrected chi connectivity index (χ3v) is 4.22. The summed E-state index contributed by atoms with van der Waals surface area (Å²) >= 11 is 0. The molecule has 7 heteroatoms. The van der Waals surface area contributed by atoms with E-state index in [2.05, 4.69) is 20.4 Å². The van der Waals surface area contributed by atoms with Crippen molar-refractivity contribution in [3.8, 4) is 0 Å². The Labute approximate surface area is 140 Å². The first kappa shape index (κ1) is 16.6. The van der Waals surface area contributed by atoms with Gasteiger partial charge in [0.2, 0.25) is 11.8 Å². The molecule has 1 amide bonds. The van der Waals surface area contributed by atoms with Crippen LogP contribution in [0.5, 0.6) is 0 Å². The van der Waals surface area contributed by atoms with E-state index in [1.807, 2.05) is 0 Å². The van der Waals surface area contributed by atoms with Gasteiger partial charge in [-0.05, 0) is 43.6 Å². The summed E-state index contributed by atoms with van der Waals surface area (Å²) in [5.74, 6) is 0.418. The Morgan fingerprint density at radius 3 is 2.67 bits per heavy atom. The standard InChI is InChI=1S/C17H21FN4O2/c1-12-20-16(21-24-12)10-17(23)19-11-15(22-8-2-3-9-22)13-4-6-14(18)7-5-13/h4-7,15H,2-3,8-11H2,1H3,(H,19,23). The second kappa shape index (κ2) is 7.53. The topological polar surface area (TPSA) is 71.3 Å². The molecule has 0 spiro atoms. The van der Waals surface area contributed by atoms with Crippen LogP contribution in [0.1, 0.15) is 36.2 Å². The van der Waals surface area contributed by atoms with Crippen molar-refractivity contribution >= 4 is 5.91 Å². The van der Waals surface area contributed by atoms with Crippen LogP contribution in [0.2, 0.25) is 0 Å². The van der Waals surface area contributed by atoms with Crippen LogP contribution in [-0.2, 0) is 11.2 Å². The van der Waals surface area contributed by atoms with E-state index < -0.39 is 0 Å². The number of aryl methyl sites for hydroxylation is 1. The van der Waals surface area contributed by atoms with Crippen LogP contribution in [0.4, 0.5) is 4.39 Å². The van der Waals surface area contributed by atoms with Crippen LogP contribution >= 0.6 is 0 Å². The monoisotopic (exact) mass is 332 g/mol. The van der Waals surface area contributed by atoms with Crippen molar-refractivity contribution in [2.45, 2.75) is 32.2 Å². The van der Waals surface area contributed by atoms with E-state index in [9.17, 15) is 9.18 Å². The first-order valence-electron chi connectivity index (χ1n) is 8.17.